The van der Waals surface area contributed by atoms with Crippen molar-refractivity contribution in [3.05, 3.63) is 38.8 Å². The number of hydrogen-bond donors (Lipinski definition) is 1. The van der Waals surface area contributed by atoms with Crippen LogP contribution in [0.15, 0.2) is 21.8 Å². The van der Waals surface area contributed by atoms with E-state index >= 15 is 0 Å². The summed E-state index contributed by atoms with van der Waals surface area (Å²) in [5.41, 5.74) is 3.24. The molecule has 1 aliphatic heterocycles. The molecule has 5 heterocycles. The molecule has 150 valence electrons. The largest absolute Gasteiger partial charge is 0.335 e. The van der Waals surface area contributed by atoms with E-state index in [9.17, 15) is 10.1 Å². The van der Waals surface area contributed by atoms with Gasteiger partial charge in [-0.1, -0.05) is 16.9 Å². The zero-order valence-corrected chi connectivity index (χ0v) is 18.1. The second kappa shape index (κ2) is 6.97. The summed E-state index contributed by atoms with van der Waals surface area (Å²) in [5, 5.41) is 17.7. The van der Waals surface area contributed by atoms with Crippen molar-refractivity contribution in [1.82, 2.24) is 19.7 Å². The van der Waals surface area contributed by atoms with Gasteiger partial charge in [-0.2, -0.15) is 5.26 Å². The molecule has 4 aromatic rings. The normalized spacial score (nSPS) is 12.9. The lowest BCUT2D eigenvalue weighted by Crippen LogP contribution is -2.15. The highest BCUT2D eigenvalue weighted by molar-refractivity contribution is 7.99. The molecule has 0 unspecified atom stereocenters. The molecule has 0 aromatic carbocycles. The lowest BCUT2D eigenvalue weighted by Gasteiger charge is -2.07. The molecule has 0 fully saturated rings. The van der Waals surface area contributed by atoms with Crippen molar-refractivity contribution >= 4 is 45.9 Å². The first-order chi connectivity index (χ1) is 14.5. The van der Waals surface area contributed by atoms with E-state index < -0.39 is 0 Å². The van der Waals surface area contributed by atoms with E-state index in [-0.39, 0.29) is 11.7 Å². The van der Waals surface area contributed by atoms with Gasteiger partial charge in [0.25, 0.3) is 11.6 Å². The molecular weight excluding hydrogens is 420 g/mol. The molecule has 4 aromatic heterocycles. The van der Waals surface area contributed by atoms with Crippen molar-refractivity contribution in [2.75, 3.05) is 11.1 Å². The van der Waals surface area contributed by atoms with Gasteiger partial charge in [-0.3, -0.25) is 4.79 Å². The van der Waals surface area contributed by atoms with Crippen molar-refractivity contribution in [1.29, 1.82) is 5.26 Å². The van der Waals surface area contributed by atoms with E-state index in [1.807, 2.05) is 24.5 Å². The minimum atomic E-state index is -0.377. The second-order valence-corrected chi connectivity index (χ2v) is 9.51. The maximum atomic E-state index is 13.3. The van der Waals surface area contributed by atoms with Crippen LogP contribution in [0, 0.1) is 32.1 Å². The number of thiophene rings is 1. The predicted molar refractivity (Wildman–Crippen MR) is 115 cm³/mol. The van der Waals surface area contributed by atoms with Crippen LogP contribution in [-0.4, -0.2) is 31.4 Å². The highest BCUT2D eigenvalue weighted by Crippen LogP contribution is 2.34. The van der Waals surface area contributed by atoms with Crippen molar-refractivity contribution in [2.45, 2.75) is 32.5 Å². The average molecular weight is 437 g/mol. The molecule has 5 rings (SSSR count). The Morgan fingerprint density at radius 1 is 1.30 bits per heavy atom. The Morgan fingerprint density at radius 3 is 2.87 bits per heavy atom. The Bertz CT molecular complexity index is 1370. The average Bonchev–Trinajstić information content (AvgIpc) is 3.45. The number of imidazole rings is 1. The number of nitriles is 1. The SMILES string of the molecule is Cc1cc(-c2cc(C(=O)Nc3nc4n(c3C#N)CCS4)c3c(C)noc3n2)c(C)s1. The zero-order chi connectivity index (χ0) is 21.0. The lowest BCUT2D eigenvalue weighted by molar-refractivity contribution is 0.102. The number of nitrogens with zero attached hydrogens (tertiary/aromatic N) is 5. The smallest absolute Gasteiger partial charge is 0.259 e. The van der Waals surface area contributed by atoms with E-state index in [2.05, 4.69) is 26.5 Å². The number of thioether (sulfide) groups is 1. The number of fused-ring (bicyclic) bond motifs is 2. The Kier molecular flexibility index (Phi) is 4.38. The first kappa shape index (κ1) is 18.8. The number of carbonyl (C=O) groups is 1. The fourth-order valence-electron chi connectivity index (χ4n) is 3.65. The number of carbonyl (C=O) groups excluding carboxylic acids is 1. The molecule has 0 spiro atoms. The molecule has 1 amide bonds. The number of amides is 1. The van der Waals surface area contributed by atoms with Gasteiger partial charge < -0.3 is 14.4 Å². The Labute approximate surface area is 179 Å². The van der Waals surface area contributed by atoms with E-state index in [1.54, 1.807) is 36.1 Å². The van der Waals surface area contributed by atoms with Crippen molar-refractivity contribution < 1.29 is 9.32 Å². The van der Waals surface area contributed by atoms with Crippen LogP contribution >= 0.6 is 23.1 Å². The quantitative estimate of drug-likeness (QED) is 0.510. The number of nitrogens with one attached hydrogen (secondary N) is 1. The molecule has 0 atom stereocenters. The molecule has 1 aliphatic rings. The molecule has 10 heteroatoms. The second-order valence-electron chi connectivity index (χ2n) is 6.99. The van der Waals surface area contributed by atoms with Crippen LogP contribution < -0.4 is 5.32 Å². The van der Waals surface area contributed by atoms with Gasteiger partial charge in [0, 0.05) is 27.6 Å². The van der Waals surface area contributed by atoms with Crippen LogP contribution in [0.2, 0.25) is 0 Å². The third-order valence-corrected chi connectivity index (χ3v) is 6.92. The van der Waals surface area contributed by atoms with Gasteiger partial charge in [-0.05, 0) is 32.9 Å². The van der Waals surface area contributed by atoms with Crippen molar-refractivity contribution in [3.63, 3.8) is 0 Å². The van der Waals surface area contributed by atoms with E-state index in [0.717, 1.165) is 26.2 Å². The van der Waals surface area contributed by atoms with Gasteiger partial charge in [-0.15, -0.1) is 11.3 Å². The molecule has 0 aliphatic carbocycles. The van der Waals surface area contributed by atoms with Gasteiger partial charge >= 0.3 is 0 Å². The number of rotatable bonds is 3. The third-order valence-electron chi connectivity index (χ3n) is 5.00. The third kappa shape index (κ3) is 2.89. The highest BCUT2D eigenvalue weighted by Gasteiger charge is 2.25. The summed E-state index contributed by atoms with van der Waals surface area (Å²) in [4.78, 5) is 24.6. The van der Waals surface area contributed by atoms with Gasteiger partial charge in [0.2, 0.25) is 0 Å². The minimum absolute atomic E-state index is 0.271. The minimum Gasteiger partial charge on any atom is -0.335 e. The fraction of sp³-hybridized carbons (Fsp3) is 0.250. The van der Waals surface area contributed by atoms with Crippen molar-refractivity contribution in [3.8, 4) is 17.3 Å². The van der Waals surface area contributed by atoms with Crippen molar-refractivity contribution in [2.24, 2.45) is 0 Å². The van der Waals surface area contributed by atoms with Gasteiger partial charge in [-0.25, -0.2) is 9.97 Å². The Hall–Kier alpha value is -3.16. The standard InChI is InChI=1S/C20H16N6O2S2/c1-9-6-12(11(3)30-9)14-7-13(16-10(2)25-28-19(16)22-14)18(27)23-17-15(8-21)26-4-5-29-20(26)24-17/h6-7H,4-5H2,1-3H3,(H,23,27). The van der Waals surface area contributed by atoms with E-state index in [4.69, 9.17) is 4.52 Å². The van der Waals surface area contributed by atoms with Crippen LogP contribution in [0.5, 0.6) is 0 Å². The summed E-state index contributed by atoms with van der Waals surface area (Å²) in [5.74, 6) is 0.768. The predicted octanol–water partition coefficient (Wildman–Crippen LogP) is 4.30. The molecular formula is C20H16N6O2S2. The maximum absolute atomic E-state index is 13.3. The summed E-state index contributed by atoms with van der Waals surface area (Å²) >= 11 is 3.24. The topological polar surface area (TPSA) is 110 Å². The first-order valence-corrected chi connectivity index (χ1v) is 11.1. The maximum Gasteiger partial charge on any atom is 0.259 e. The van der Waals surface area contributed by atoms with Crippen LogP contribution in [0.3, 0.4) is 0 Å². The van der Waals surface area contributed by atoms with E-state index in [0.29, 0.717) is 40.3 Å². The highest BCUT2D eigenvalue weighted by atomic mass is 32.2. The monoisotopic (exact) mass is 436 g/mol. The van der Waals surface area contributed by atoms with Gasteiger partial charge in [0.15, 0.2) is 16.7 Å². The molecule has 0 bridgehead atoms. The summed E-state index contributed by atoms with van der Waals surface area (Å²) in [6.07, 6.45) is 0. The molecule has 0 saturated carbocycles. The lowest BCUT2D eigenvalue weighted by atomic mass is 10.1. The molecule has 0 radical (unpaired) electrons. The summed E-state index contributed by atoms with van der Waals surface area (Å²) in [7, 11) is 0. The number of aromatic nitrogens is 4. The van der Waals surface area contributed by atoms with Crippen LogP contribution in [0.25, 0.3) is 22.4 Å². The van der Waals surface area contributed by atoms with E-state index in [1.165, 1.54) is 0 Å². The first-order valence-electron chi connectivity index (χ1n) is 9.25. The Morgan fingerprint density at radius 2 is 2.13 bits per heavy atom. The fourth-order valence-corrected chi connectivity index (χ4v) is 5.53. The number of pyridine rings is 1. The molecule has 1 N–H and O–H groups in total. The van der Waals surface area contributed by atoms with Crippen LogP contribution in [0.4, 0.5) is 5.82 Å². The van der Waals surface area contributed by atoms with Crippen LogP contribution in [0.1, 0.15) is 31.5 Å². The molecule has 0 saturated heterocycles. The summed E-state index contributed by atoms with van der Waals surface area (Å²) in [6.45, 7) is 6.53. The van der Waals surface area contributed by atoms with Gasteiger partial charge in [0.05, 0.1) is 22.3 Å². The Balaban J connectivity index is 1.61. The number of hydrogen-bond acceptors (Lipinski definition) is 8. The zero-order valence-electron chi connectivity index (χ0n) is 16.4. The number of anilines is 1. The summed E-state index contributed by atoms with van der Waals surface area (Å²) in [6, 6.07) is 5.95. The summed E-state index contributed by atoms with van der Waals surface area (Å²) < 4.78 is 7.21. The van der Waals surface area contributed by atoms with Crippen LogP contribution in [-0.2, 0) is 6.54 Å². The number of aryl methyl sites for hydroxylation is 3. The van der Waals surface area contributed by atoms with Gasteiger partial charge in [0.1, 0.15) is 6.07 Å². The molecule has 8 nitrogen and oxygen atoms in total. The molecule has 30 heavy (non-hydrogen) atoms.